The zero-order chi connectivity index (χ0) is 13.3. The van der Waals surface area contributed by atoms with Gasteiger partial charge in [-0.25, -0.2) is 4.98 Å². The van der Waals surface area contributed by atoms with Crippen LogP contribution in [0.15, 0.2) is 59.8 Å². The van der Waals surface area contributed by atoms with Crippen LogP contribution in [0.3, 0.4) is 0 Å². The minimum absolute atomic E-state index is 0. The molecule has 0 fully saturated rings. The van der Waals surface area contributed by atoms with Gasteiger partial charge in [0.15, 0.2) is 0 Å². The molecule has 3 aromatic rings. The zero-order valence-electron chi connectivity index (χ0n) is 11.8. The fourth-order valence-corrected chi connectivity index (χ4v) is 2.58. The van der Waals surface area contributed by atoms with Crippen molar-refractivity contribution in [1.29, 1.82) is 0 Å². The van der Waals surface area contributed by atoms with E-state index in [4.69, 9.17) is 4.18 Å². The maximum Gasteiger partial charge on any atom is 1.00 e. The van der Waals surface area contributed by atoms with Crippen LogP contribution in [0.4, 0.5) is 0 Å². The Bertz CT molecular complexity index is 789. The molecule has 20 heavy (non-hydrogen) atoms. The van der Waals surface area contributed by atoms with Gasteiger partial charge in [0, 0.05) is 0 Å². The van der Waals surface area contributed by atoms with E-state index in [1.165, 1.54) is 0 Å². The number of hydrogen-bond donors (Lipinski definition) is 1. The Hall–Kier alpha value is -0.704. The minimum Gasteiger partial charge on any atom is -1.00 e. The first-order chi connectivity index (χ1) is 9.15. The predicted molar refractivity (Wildman–Crippen MR) is 71.5 cm³/mol. The molecule has 2 aromatic carbocycles. The van der Waals surface area contributed by atoms with E-state index in [1.807, 2.05) is 0 Å². The third-order valence-corrected chi connectivity index (χ3v) is 3.63. The quantitative estimate of drug-likeness (QED) is 0.520. The molecule has 0 unspecified atom stereocenters. The van der Waals surface area contributed by atoms with E-state index in [2.05, 4.69) is 9.97 Å². The second-order valence-electron chi connectivity index (χ2n) is 3.91. The van der Waals surface area contributed by atoms with E-state index >= 15 is 0 Å². The van der Waals surface area contributed by atoms with E-state index in [-0.39, 0.29) is 63.7 Å². The minimum atomic E-state index is -3.94. The molecule has 0 radical (unpaired) electrons. The summed E-state index contributed by atoms with van der Waals surface area (Å²) < 4.78 is 29.1. The average molecular weight is 314 g/mol. The average Bonchev–Trinajstić information content (AvgIpc) is 2.84. The number of hydrogen-bond acceptors (Lipinski definition) is 4. The van der Waals surface area contributed by atoms with Crippen molar-refractivity contribution in [3.8, 4) is 5.75 Å². The van der Waals surface area contributed by atoms with Crippen LogP contribution in [0.25, 0.3) is 11.0 Å². The monoisotopic (exact) mass is 314 g/mol. The van der Waals surface area contributed by atoms with Crippen LogP contribution < -0.4 is 55.6 Å². The summed E-state index contributed by atoms with van der Waals surface area (Å²) in [6, 6.07) is 15.4. The Balaban J connectivity index is 0.00000110. The molecule has 7 heteroatoms. The Morgan fingerprint density at radius 1 is 1.00 bits per heavy atom. The summed E-state index contributed by atoms with van der Waals surface area (Å²) in [4.78, 5) is 6.74. The fourth-order valence-electron chi connectivity index (χ4n) is 1.69. The molecule has 1 N–H and O–H groups in total. The second-order valence-corrected chi connectivity index (χ2v) is 5.37. The van der Waals surface area contributed by atoms with Crippen LogP contribution in [0, 0.1) is 0 Å². The number of imidazole rings is 1. The molecule has 0 amide bonds. The van der Waals surface area contributed by atoms with Crippen molar-refractivity contribution in [2.75, 3.05) is 0 Å². The number of para-hydroxylation sites is 3. The summed E-state index contributed by atoms with van der Waals surface area (Å²) in [5, 5.41) is -0.197. The van der Waals surface area contributed by atoms with Gasteiger partial charge in [-0.15, -0.1) is 0 Å². The molecule has 3 rings (SSSR count). The van der Waals surface area contributed by atoms with Crippen molar-refractivity contribution >= 4 is 21.2 Å². The van der Waals surface area contributed by atoms with Crippen molar-refractivity contribution in [2.45, 2.75) is 5.16 Å². The maximum absolute atomic E-state index is 12.1. The molecular formula is C13H11KN2O3S. The molecular weight excluding hydrogens is 303 g/mol. The summed E-state index contributed by atoms with van der Waals surface area (Å²) in [6.45, 7) is 0. The first-order valence-electron chi connectivity index (χ1n) is 5.59. The maximum atomic E-state index is 12.1. The molecule has 0 aliphatic heterocycles. The SMILES string of the molecule is O=S(=O)(Oc1ccccc1)c1nc2ccccc2[nH]1.[H-].[K+]. The number of aromatic nitrogens is 2. The Kier molecular flexibility index (Phi) is 5.00. The number of H-pyrrole nitrogens is 1. The Morgan fingerprint density at radius 2 is 1.65 bits per heavy atom. The molecule has 0 aliphatic rings. The van der Waals surface area contributed by atoms with E-state index in [9.17, 15) is 8.42 Å². The number of fused-ring (bicyclic) bond motifs is 1. The van der Waals surface area contributed by atoms with Crippen LogP contribution in [0.1, 0.15) is 1.43 Å². The standard InChI is InChI=1S/C13H10N2O3S.K.H/c16-19(17,18-10-6-2-1-3-7-10)13-14-11-8-4-5-9-12(11)15-13;;/h1-9H,(H,14,15);;/q;+1;-1. The number of aromatic amines is 1. The first kappa shape index (κ1) is 15.7. The van der Waals surface area contributed by atoms with E-state index in [0.717, 1.165) is 0 Å². The van der Waals surface area contributed by atoms with Gasteiger partial charge in [0.25, 0.3) is 5.16 Å². The van der Waals surface area contributed by atoms with Crippen LogP contribution in [-0.2, 0) is 10.1 Å². The molecule has 0 bridgehead atoms. The summed E-state index contributed by atoms with van der Waals surface area (Å²) in [5.74, 6) is 0.253. The predicted octanol–water partition coefficient (Wildman–Crippen LogP) is -0.553. The van der Waals surface area contributed by atoms with Gasteiger partial charge in [0.05, 0.1) is 11.0 Å². The Morgan fingerprint density at radius 3 is 2.35 bits per heavy atom. The van der Waals surface area contributed by atoms with Crippen molar-refractivity contribution in [3.05, 3.63) is 54.6 Å². The van der Waals surface area contributed by atoms with Crippen LogP contribution in [-0.4, -0.2) is 18.4 Å². The largest absolute Gasteiger partial charge is 1.00 e. The molecule has 0 atom stereocenters. The topological polar surface area (TPSA) is 72.1 Å². The van der Waals surface area contributed by atoms with E-state index in [1.54, 1.807) is 54.6 Å². The number of nitrogens with zero attached hydrogens (tertiary/aromatic N) is 1. The van der Waals surface area contributed by atoms with Crippen molar-refractivity contribution in [1.82, 2.24) is 9.97 Å². The van der Waals surface area contributed by atoms with Crippen molar-refractivity contribution < 1.29 is 65.4 Å². The van der Waals surface area contributed by atoms with Gasteiger partial charge in [-0.3, -0.25) is 0 Å². The Labute approximate surface area is 160 Å². The first-order valence-corrected chi connectivity index (χ1v) is 7.00. The molecule has 98 valence electrons. The molecule has 1 aromatic heterocycles. The van der Waals surface area contributed by atoms with Crippen molar-refractivity contribution in [2.24, 2.45) is 0 Å². The molecule has 1 heterocycles. The van der Waals surface area contributed by atoms with Crippen LogP contribution >= 0.6 is 0 Å². The van der Waals surface area contributed by atoms with Crippen LogP contribution in [0.2, 0.25) is 0 Å². The van der Waals surface area contributed by atoms with Crippen LogP contribution in [0.5, 0.6) is 5.75 Å². The third-order valence-electron chi connectivity index (χ3n) is 2.55. The van der Waals surface area contributed by atoms with Gasteiger partial charge in [-0.05, 0) is 24.3 Å². The number of benzene rings is 2. The van der Waals surface area contributed by atoms with E-state index < -0.39 is 10.1 Å². The van der Waals surface area contributed by atoms with Gasteiger partial charge in [0.1, 0.15) is 5.75 Å². The van der Waals surface area contributed by atoms with Gasteiger partial charge < -0.3 is 10.6 Å². The van der Waals surface area contributed by atoms with Crippen molar-refractivity contribution in [3.63, 3.8) is 0 Å². The smallest absolute Gasteiger partial charge is 1.00 e. The summed E-state index contributed by atoms with van der Waals surface area (Å²) in [6.07, 6.45) is 0. The summed E-state index contributed by atoms with van der Waals surface area (Å²) in [7, 11) is -3.94. The van der Waals surface area contributed by atoms with Gasteiger partial charge >= 0.3 is 61.5 Å². The molecule has 0 saturated carbocycles. The molecule has 0 aliphatic carbocycles. The number of rotatable bonds is 3. The zero-order valence-corrected chi connectivity index (χ0v) is 14.7. The number of nitrogens with one attached hydrogen (secondary N) is 1. The van der Waals surface area contributed by atoms with Gasteiger partial charge in [-0.1, -0.05) is 30.3 Å². The normalized spacial score (nSPS) is 11.0. The molecule has 0 spiro atoms. The van der Waals surface area contributed by atoms with E-state index in [0.29, 0.717) is 11.0 Å². The second kappa shape index (κ2) is 6.38. The third kappa shape index (κ3) is 3.30. The van der Waals surface area contributed by atoms with Gasteiger partial charge in [0.2, 0.25) is 0 Å². The summed E-state index contributed by atoms with van der Waals surface area (Å²) >= 11 is 0. The fraction of sp³-hybridized carbons (Fsp3) is 0. The molecule has 5 nitrogen and oxygen atoms in total. The molecule has 0 saturated heterocycles. The van der Waals surface area contributed by atoms with Gasteiger partial charge in [-0.2, -0.15) is 8.42 Å². The summed E-state index contributed by atoms with van der Waals surface area (Å²) in [5.41, 5.74) is 1.23.